The zero-order chi connectivity index (χ0) is 19.1. The number of unbranched alkanes of at least 4 members (excludes halogenated alkanes) is 2. The van der Waals surface area contributed by atoms with E-state index in [4.69, 9.17) is 20.8 Å². The molecular formula is C23H23ClO3. The summed E-state index contributed by atoms with van der Waals surface area (Å²) in [6, 6.07) is 15.3. The highest BCUT2D eigenvalue weighted by molar-refractivity contribution is 6.31. The van der Waals surface area contributed by atoms with Gasteiger partial charge in [-0.05, 0) is 80.1 Å². The molecule has 4 heteroatoms. The molecule has 0 unspecified atom stereocenters. The Labute approximate surface area is 164 Å². The largest absolute Gasteiger partial charge is 0.493 e. The van der Waals surface area contributed by atoms with E-state index in [1.165, 1.54) is 5.56 Å². The van der Waals surface area contributed by atoms with Crippen LogP contribution in [0.25, 0.3) is 11.3 Å². The van der Waals surface area contributed by atoms with Gasteiger partial charge in [-0.3, -0.25) is 4.79 Å². The lowest BCUT2D eigenvalue weighted by atomic mass is 10.1. The molecule has 0 aliphatic rings. The molecule has 0 N–H and O–H groups in total. The smallest absolute Gasteiger partial charge is 0.150 e. The van der Waals surface area contributed by atoms with Crippen molar-refractivity contribution in [3.05, 3.63) is 76.5 Å². The van der Waals surface area contributed by atoms with Gasteiger partial charge in [0.15, 0.2) is 0 Å². The standard InChI is InChI=1S/C23H23ClO3/c1-17-8-9-18(15-21(17)24)6-3-2-4-12-26-23-11-10-19(16-25)14-20(23)22-7-5-13-27-22/h5,7-11,13-16H,2-4,6,12H2,1H3. The normalized spacial score (nSPS) is 10.7. The third-order valence-electron chi connectivity index (χ3n) is 4.53. The van der Waals surface area contributed by atoms with Crippen LogP contribution >= 0.6 is 11.6 Å². The first-order chi connectivity index (χ1) is 13.2. The molecule has 0 radical (unpaired) electrons. The van der Waals surface area contributed by atoms with E-state index in [-0.39, 0.29) is 0 Å². The Morgan fingerprint density at radius 1 is 1.07 bits per heavy atom. The Kier molecular flexibility index (Phi) is 6.72. The van der Waals surface area contributed by atoms with Gasteiger partial charge in [0.2, 0.25) is 0 Å². The molecule has 0 aliphatic carbocycles. The van der Waals surface area contributed by atoms with Crippen LogP contribution in [0.2, 0.25) is 5.02 Å². The Morgan fingerprint density at radius 2 is 1.96 bits per heavy atom. The summed E-state index contributed by atoms with van der Waals surface area (Å²) >= 11 is 6.17. The molecule has 3 aromatic rings. The van der Waals surface area contributed by atoms with Crippen LogP contribution in [0.15, 0.2) is 59.2 Å². The lowest BCUT2D eigenvalue weighted by Gasteiger charge is -2.11. The highest BCUT2D eigenvalue weighted by Gasteiger charge is 2.10. The third kappa shape index (κ3) is 5.24. The molecule has 3 rings (SSSR count). The van der Waals surface area contributed by atoms with Crippen molar-refractivity contribution in [1.82, 2.24) is 0 Å². The fraction of sp³-hybridized carbons (Fsp3) is 0.261. The summed E-state index contributed by atoms with van der Waals surface area (Å²) in [5, 5.41) is 0.833. The first kappa shape index (κ1) is 19.2. The lowest BCUT2D eigenvalue weighted by molar-refractivity contribution is 0.112. The molecule has 0 bridgehead atoms. The summed E-state index contributed by atoms with van der Waals surface area (Å²) in [4.78, 5) is 11.0. The fourth-order valence-electron chi connectivity index (χ4n) is 2.95. The average molecular weight is 383 g/mol. The van der Waals surface area contributed by atoms with Crippen molar-refractivity contribution in [2.75, 3.05) is 6.61 Å². The topological polar surface area (TPSA) is 39.4 Å². The number of rotatable bonds is 9. The molecule has 0 fully saturated rings. The highest BCUT2D eigenvalue weighted by Crippen LogP contribution is 2.31. The maximum atomic E-state index is 11.0. The summed E-state index contributed by atoms with van der Waals surface area (Å²) in [7, 11) is 0. The van der Waals surface area contributed by atoms with E-state index < -0.39 is 0 Å². The maximum absolute atomic E-state index is 11.0. The van der Waals surface area contributed by atoms with Crippen molar-refractivity contribution < 1.29 is 13.9 Å². The number of carbonyl (C=O) groups is 1. The number of hydrogen-bond acceptors (Lipinski definition) is 3. The van der Waals surface area contributed by atoms with E-state index in [0.29, 0.717) is 17.9 Å². The number of furan rings is 1. The van der Waals surface area contributed by atoms with Crippen molar-refractivity contribution in [1.29, 1.82) is 0 Å². The van der Waals surface area contributed by atoms with Gasteiger partial charge >= 0.3 is 0 Å². The number of carbonyl (C=O) groups excluding carboxylic acids is 1. The maximum Gasteiger partial charge on any atom is 0.150 e. The molecular weight excluding hydrogens is 360 g/mol. The van der Waals surface area contributed by atoms with Gasteiger partial charge in [0.1, 0.15) is 17.8 Å². The van der Waals surface area contributed by atoms with Crippen LogP contribution < -0.4 is 4.74 Å². The summed E-state index contributed by atoms with van der Waals surface area (Å²) in [6.07, 6.45) is 6.60. The predicted octanol–water partition coefficient (Wildman–Crippen LogP) is 6.51. The van der Waals surface area contributed by atoms with E-state index in [2.05, 4.69) is 18.2 Å². The van der Waals surface area contributed by atoms with Crippen LogP contribution in [0.1, 0.15) is 40.7 Å². The zero-order valence-corrected chi connectivity index (χ0v) is 16.2. The van der Waals surface area contributed by atoms with Gasteiger partial charge in [-0.25, -0.2) is 0 Å². The fourth-order valence-corrected chi connectivity index (χ4v) is 3.16. The average Bonchev–Trinajstić information content (AvgIpc) is 3.22. The summed E-state index contributed by atoms with van der Waals surface area (Å²) in [5.74, 6) is 1.44. The van der Waals surface area contributed by atoms with Crippen LogP contribution in [0, 0.1) is 6.92 Å². The number of hydrogen-bond donors (Lipinski definition) is 0. The number of ether oxygens (including phenoxy) is 1. The SMILES string of the molecule is Cc1ccc(CCCCCOc2ccc(C=O)cc2-c2ccco2)cc1Cl. The Hall–Kier alpha value is -2.52. The second-order valence-corrected chi connectivity index (χ2v) is 7.00. The first-order valence-electron chi connectivity index (χ1n) is 9.18. The second kappa shape index (κ2) is 9.43. The predicted molar refractivity (Wildman–Crippen MR) is 109 cm³/mol. The molecule has 0 spiro atoms. The highest BCUT2D eigenvalue weighted by atomic mass is 35.5. The summed E-state index contributed by atoms with van der Waals surface area (Å²) in [6.45, 7) is 2.64. The van der Waals surface area contributed by atoms with Crippen molar-refractivity contribution in [3.63, 3.8) is 0 Å². The molecule has 0 aliphatic heterocycles. The zero-order valence-electron chi connectivity index (χ0n) is 15.4. The van der Waals surface area contributed by atoms with Crippen LogP contribution in [-0.4, -0.2) is 12.9 Å². The minimum Gasteiger partial charge on any atom is -0.493 e. The van der Waals surface area contributed by atoms with Crippen molar-refractivity contribution >= 4 is 17.9 Å². The number of halogens is 1. The molecule has 0 amide bonds. The molecule has 1 aromatic heterocycles. The molecule has 140 valence electrons. The van der Waals surface area contributed by atoms with Crippen LogP contribution in [0.3, 0.4) is 0 Å². The van der Waals surface area contributed by atoms with Crippen LogP contribution in [0.5, 0.6) is 5.75 Å². The van der Waals surface area contributed by atoms with Gasteiger partial charge in [0, 0.05) is 10.6 Å². The molecule has 1 heterocycles. The molecule has 3 nitrogen and oxygen atoms in total. The number of benzene rings is 2. The Balaban J connectivity index is 1.49. The summed E-state index contributed by atoms with van der Waals surface area (Å²) < 4.78 is 11.4. The third-order valence-corrected chi connectivity index (χ3v) is 4.94. The summed E-state index contributed by atoms with van der Waals surface area (Å²) in [5.41, 5.74) is 3.79. The van der Waals surface area contributed by atoms with Gasteiger partial charge in [-0.2, -0.15) is 0 Å². The van der Waals surface area contributed by atoms with Gasteiger partial charge < -0.3 is 9.15 Å². The lowest BCUT2D eigenvalue weighted by Crippen LogP contribution is -2.00. The van der Waals surface area contributed by atoms with Gasteiger partial charge in [0.05, 0.1) is 18.4 Å². The quantitative estimate of drug-likeness (QED) is 0.312. The van der Waals surface area contributed by atoms with E-state index in [9.17, 15) is 4.79 Å². The van der Waals surface area contributed by atoms with E-state index in [0.717, 1.165) is 53.9 Å². The molecule has 0 saturated heterocycles. The second-order valence-electron chi connectivity index (χ2n) is 6.59. The number of aldehydes is 1. The molecule has 0 saturated carbocycles. The van der Waals surface area contributed by atoms with Crippen LogP contribution in [0.4, 0.5) is 0 Å². The molecule has 0 atom stereocenters. The molecule has 2 aromatic carbocycles. The number of aryl methyl sites for hydroxylation is 2. The van der Waals surface area contributed by atoms with Crippen molar-refractivity contribution in [2.45, 2.75) is 32.6 Å². The minimum atomic E-state index is 0.602. The van der Waals surface area contributed by atoms with Crippen molar-refractivity contribution in [2.24, 2.45) is 0 Å². The van der Waals surface area contributed by atoms with Crippen molar-refractivity contribution in [3.8, 4) is 17.1 Å². The van der Waals surface area contributed by atoms with E-state index >= 15 is 0 Å². The van der Waals surface area contributed by atoms with Crippen LogP contribution in [-0.2, 0) is 6.42 Å². The minimum absolute atomic E-state index is 0.602. The Bertz CT molecular complexity index is 885. The Morgan fingerprint density at radius 3 is 2.70 bits per heavy atom. The van der Waals surface area contributed by atoms with E-state index in [1.807, 2.05) is 25.1 Å². The molecule has 27 heavy (non-hydrogen) atoms. The monoisotopic (exact) mass is 382 g/mol. The van der Waals surface area contributed by atoms with E-state index in [1.54, 1.807) is 18.4 Å². The van der Waals surface area contributed by atoms with Gasteiger partial charge in [-0.15, -0.1) is 0 Å². The van der Waals surface area contributed by atoms with Gasteiger partial charge in [-0.1, -0.05) is 23.7 Å². The van der Waals surface area contributed by atoms with Gasteiger partial charge in [0.25, 0.3) is 0 Å². The first-order valence-corrected chi connectivity index (χ1v) is 9.56.